The largest absolute Gasteiger partial charge is 0.317 e. The average molecular weight is 241 g/mol. The van der Waals surface area contributed by atoms with Gasteiger partial charge >= 0.3 is 0 Å². The van der Waals surface area contributed by atoms with Crippen molar-refractivity contribution in [3.63, 3.8) is 0 Å². The third kappa shape index (κ3) is 2.06. The molecule has 0 bridgehead atoms. The Morgan fingerprint density at radius 1 is 1.38 bits per heavy atom. The van der Waals surface area contributed by atoms with E-state index >= 15 is 0 Å². The Hall–Kier alpha value is -0.690. The van der Waals surface area contributed by atoms with E-state index < -0.39 is 7.14 Å². The Bertz CT molecular complexity index is 435. The lowest BCUT2D eigenvalue weighted by atomic mass is 10.1. The van der Waals surface area contributed by atoms with Crippen LogP contribution in [0.1, 0.15) is 38.2 Å². The molecule has 0 N–H and O–H groups in total. The summed E-state index contributed by atoms with van der Waals surface area (Å²) in [6.45, 7) is 3.99. The van der Waals surface area contributed by atoms with Gasteiger partial charge in [0.25, 0.3) is 0 Å². The van der Waals surface area contributed by atoms with Gasteiger partial charge in [0, 0.05) is 18.5 Å². The lowest BCUT2D eigenvalue weighted by molar-refractivity contribution is 0.579. The first-order valence-electron chi connectivity index (χ1n) is 5.77. The first-order valence-corrected chi connectivity index (χ1v) is 7.85. The Balaban J connectivity index is 2.40. The van der Waals surface area contributed by atoms with Crippen LogP contribution in [0.15, 0.2) is 12.3 Å². The van der Waals surface area contributed by atoms with Crippen LogP contribution < -0.4 is 5.44 Å². The van der Waals surface area contributed by atoms with Crippen molar-refractivity contribution in [2.75, 3.05) is 12.3 Å². The van der Waals surface area contributed by atoms with Crippen molar-refractivity contribution in [2.24, 2.45) is 0 Å². The number of nitrogens with zero attached hydrogens (tertiary/aromatic N) is 1. The van der Waals surface area contributed by atoms with E-state index in [9.17, 15) is 8.96 Å². The Morgan fingerprint density at radius 3 is 2.50 bits per heavy atom. The van der Waals surface area contributed by atoms with Gasteiger partial charge in [0.15, 0.2) is 5.82 Å². The topological polar surface area (TPSA) is 30.0 Å². The van der Waals surface area contributed by atoms with Crippen molar-refractivity contribution in [3.05, 3.63) is 23.6 Å². The maximum atomic E-state index is 13.9. The van der Waals surface area contributed by atoms with Crippen LogP contribution in [0.5, 0.6) is 0 Å². The lowest BCUT2D eigenvalue weighted by Gasteiger charge is -2.13. The molecule has 1 aromatic heterocycles. The summed E-state index contributed by atoms with van der Waals surface area (Å²) in [5, 5.41) is 0. The molecule has 0 atom stereocenters. The smallest absolute Gasteiger partial charge is 0.152 e. The number of hydrogen-bond donors (Lipinski definition) is 0. The van der Waals surface area contributed by atoms with E-state index in [2.05, 4.69) is 4.98 Å². The molecule has 2 nitrogen and oxygen atoms in total. The zero-order chi connectivity index (χ0) is 11.8. The van der Waals surface area contributed by atoms with Gasteiger partial charge in [-0.1, -0.05) is 13.8 Å². The Labute approximate surface area is 95.7 Å². The molecule has 0 saturated carbocycles. The van der Waals surface area contributed by atoms with E-state index in [1.165, 1.54) is 6.07 Å². The van der Waals surface area contributed by atoms with Crippen LogP contribution in [0.25, 0.3) is 0 Å². The number of rotatable bonds is 2. The fourth-order valence-corrected chi connectivity index (χ4v) is 4.96. The summed E-state index contributed by atoms with van der Waals surface area (Å²) in [6, 6.07) is 1.49. The summed E-state index contributed by atoms with van der Waals surface area (Å²) in [5.74, 6) is -0.128. The second-order valence-electron chi connectivity index (χ2n) is 4.77. The van der Waals surface area contributed by atoms with Crippen molar-refractivity contribution in [2.45, 2.75) is 32.6 Å². The maximum absolute atomic E-state index is 13.9. The molecule has 0 aliphatic carbocycles. The second-order valence-corrected chi connectivity index (χ2v) is 7.87. The van der Waals surface area contributed by atoms with Gasteiger partial charge in [0.2, 0.25) is 0 Å². The highest BCUT2D eigenvalue weighted by atomic mass is 31.2. The fourth-order valence-electron chi connectivity index (χ4n) is 2.12. The molecule has 2 heterocycles. The van der Waals surface area contributed by atoms with Gasteiger partial charge in [-0.05, 0) is 30.4 Å². The predicted octanol–water partition coefficient (Wildman–Crippen LogP) is 3.13. The molecule has 0 amide bonds. The highest BCUT2D eigenvalue weighted by molar-refractivity contribution is 7.71. The minimum atomic E-state index is -2.50. The standard InChI is InChI=1S/C12H17FNOP/c1-9(2)10-7-11(13)12(14-8-10)16(15)5-3-4-6-16/h7-9H,3-6H2,1-2H3. The van der Waals surface area contributed by atoms with Gasteiger partial charge in [-0.3, -0.25) is 0 Å². The molecule has 0 aromatic carbocycles. The highest BCUT2D eigenvalue weighted by Crippen LogP contribution is 2.50. The van der Waals surface area contributed by atoms with Gasteiger partial charge < -0.3 is 4.57 Å². The van der Waals surface area contributed by atoms with E-state index in [0.717, 1.165) is 18.4 Å². The van der Waals surface area contributed by atoms with Crippen LogP contribution in [0.4, 0.5) is 4.39 Å². The van der Waals surface area contributed by atoms with Crippen molar-refractivity contribution >= 4 is 12.6 Å². The molecule has 1 aliphatic heterocycles. The van der Waals surface area contributed by atoms with E-state index in [1.807, 2.05) is 13.8 Å². The predicted molar refractivity (Wildman–Crippen MR) is 64.5 cm³/mol. The summed E-state index contributed by atoms with van der Waals surface area (Å²) in [6.07, 6.45) is 4.78. The molecule has 2 rings (SSSR count). The number of aromatic nitrogens is 1. The highest BCUT2D eigenvalue weighted by Gasteiger charge is 2.33. The normalized spacial score (nSPS) is 19.2. The van der Waals surface area contributed by atoms with Crippen molar-refractivity contribution in [1.29, 1.82) is 0 Å². The van der Waals surface area contributed by atoms with Crippen LogP contribution in [-0.4, -0.2) is 17.3 Å². The molecule has 0 spiro atoms. The fraction of sp³-hybridized carbons (Fsp3) is 0.583. The summed E-state index contributed by atoms with van der Waals surface area (Å²) in [7, 11) is -2.50. The number of halogens is 1. The summed E-state index contributed by atoms with van der Waals surface area (Å²) >= 11 is 0. The van der Waals surface area contributed by atoms with Gasteiger partial charge in [-0.25, -0.2) is 9.37 Å². The molecule has 0 radical (unpaired) electrons. The lowest BCUT2D eigenvalue weighted by Crippen LogP contribution is -2.16. The van der Waals surface area contributed by atoms with E-state index in [1.54, 1.807) is 6.20 Å². The monoisotopic (exact) mass is 241 g/mol. The first-order chi connectivity index (χ1) is 7.53. The van der Waals surface area contributed by atoms with E-state index in [4.69, 9.17) is 0 Å². The average Bonchev–Trinajstić information content (AvgIpc) is 2.65. The maximum Gasteiger partial charge on any atom is 0.152 e. The van der Waals surface area contributed by atoms with Crippen LogP contribution in [0.3, 0.4) is 0 Å². The van der Waals surface area contributed by atoms with Crippen molar-refractivity contribution in [1.82, 2.24) is 4.98 Å². The van der Waals surface area contributed by atoms with Gasteiger partial charge in [0.05, 0.1) is 0 Å². The number of hydrogen-bond acceptors (Lipinski definition) is 2. The van der Waals surface area contributed by atoms with Gasteiger partial charge in [-0.2, -0.15) is 0 Å². The van der Waals surface area contributed by atoms with E-state index in [-0.39, 0.29) is 17.2 Å². The summed E-state index contributed by atoms with van der Waals surface area (Å²) in [5.41, 5.74) is 1.10. The summed E-state index contributed by atoms with van der Waals surface area (Å²) in [4.78, 5) is 4.12. The van der Waals surface area contributed by atoms with Gasteiger partial charge in [0.1, 0.15) is 12.6 Å². The van der Waals surface area contributed by atoms with E-state index in [0.29, 0.717) is 12.3 Å². The van der Waals surface area contributed by atoms with Crippen LogP contribution in [0, 0.1) is 5.82 Å². The Kier molecular flexibility index (Phi) is 3.16. The molecule has 16 heavy (non-hydrogen) atoms. The zero-order valence-electron chi connectivity index (χ0n) is 9.74. The molecule has 1 aliphatic rings. The summed E-state index contributed by atoms with van der Waals surface area (Å²) < 4.78 is 26.3. The minimum absolute atomic E-state index is 0.231. The molecule has 1 aromatic rings. The van der Waals surface area contributed by atoms with Crippen LogP contribution in [-0.2, 0) is 4.57 Å². The third-order valence-corrected chi connectivity index (χ3v) is 6.36. The molecular weight excluding hydrogens is 224 g/mol. The quantitative estimate of drug-likeness (QED) is 0.744. The molecule has 1 saturated heterocycles. The SMILES string of the molecule is CC(C)c1cnc(P2(=O)CCCC2)c(F)c1. The molecule has 4 heteroatoms. The van der Waals surface area contributed by atoms with Crippen molar-refractivity contribution in [3.8, 4) is 0 Å². The second kappa shape index (κ2) is 4.29. The molecular formula is C12H17FNOP. The van der Waals surface area contributed by atoms with Crippen LogP contribution >= 0.6 is 7.14 Å². The zero-order valence-corrected chi connectivity index (χ0v) is 10.6. The first kappa shape index (κ1) is 11.8. The molecule has 0 unspecified atom stereocenters. The molecule has 88 valence electrons. The molecule has 1 fully saturated rings. The number of pyridine rings is 1. The Morgan fingerprint density at radius 2 is 2.00 bits per heavy atom. The van der Waals surface area contributed by atoms with Gasteiger partial charge in [-0.15, -0.1) is 0 Å². The van der Waals surface area contributed by atoms with Crippen molar-refractivity contribution < 1.29 is 8.96 Å². The minimum Gasteiger partial charge on any atom is -0.317 e. The van der Waals surface area contributed by atoms with Crippen LogP contribution in [0.2, 0.25) is 0 Å². The third-order valence-electron chi connectivity index (χ3n) is 3.18.